The van der Waals surface area contributed by atoms with Crippen molar-refractivity contribution in [1.82, 2.24) is 0 Å². The minimum Gasteiger partial charge on any atom is -0.468 e. The Hall–Kier alpha value is -0.870. The van der Waals surface area contributed by atoms with E-state index in [0.29, 0.717) is 0 Å². The summed E-state index contributed by atoms with van der Waals surface area (Å²) in [4.78, 5) is 11.7. The Kier molecular flexibility index (Phi) is 2.62. The van der Waals surface area contributed by atoms with Gasteiger partial charge in [0.05, 0.1) is 7.11 Å². The first-order valence-electron chi connectivity index (χ1n) is 3.12. The van der Waals surface area contributed by atoms with E-state index in [2.05, 4.69) is 4.74 Å². The Balaban J connectivity index is 2.70. The average molecular weight is 171 g/mol. The number of nitrogens with two attached hydrogens (primary N) is 1. The zero-order valence-corrected chi connectivity index (χ0v) is 6.93. The fourth-order valence-electron chi connectivity index (χ4n) is 0.711. The molecule has 1 rings (SSSR count). The summed E-state index contributed by atoms with van der Waals surface area (Å²) in [7, 11) is 1.33. The largest absolute Gasteiger partial charge is 0.468 e. The Morgan fingerprint density at radius 3 is 3.00 bits per heavy atom. The zero-order chi connectivity index (χ0) is 8.27. The third-order valence-corrected chi connectivity index (χ3v) is 2.26. The first kappa shape index (κ1) is 8.23. The fraction of sp³-hybridized carbons (Fsp3) is 0.286. The van der Waals surface area contributed by atoms with Gasteiger partial charge >= 0.3 is 5.97 Å². The van der Waals surface area contributed by atoms with Gasteiger partial charge in [-0.25, -0.2) is 4.79 Å². The number of esters is 1. The molecule has 0 unspecified atom stereocenters. The van der Waals surface area contributed by atoms with Crippen LogP contribution in [0.25, 0.3) is 0 Å². The molecule has 0 spiro atoms. The predicted octanol–water partition coefficient (Wildman–Crippen LogP) is 0.921. The van der Waals surface area contributed by atoms with Crippen LogP contribution in [0, 0.1) is 0 Å². The molecule has 60 valence electrons. The summed E-state index contributed by atoms with van der Waals surface area (Å²) in [6.45, 7) is 0. The molecule has 0 radical (unpaired) electrons. The Labute approximate surface area is 68.8 Å². The van der Waals surface area contributed by atoms with Crippen LogP contribution in [0.3, 0.4) is 0 Å². The molecule has 0 saturated carbocycles. The van der Waals surface area contributed by atoms with Gasteiger partial charge in [-0.15, -0.1) is 11.3 Å². The smallest absolute Gasteiger partial charge is 0.328 e. The molecule has 0 amide bonds. The lowest BCUT2D eigenvalue weighted by atomic mass is 10.3. The molecule has 3 nitrogen and oxygen atoms in total. The van der Waals surface area contributed by atoms with E-state index in [-0.39, 0.29) is 0 Å². The molecule has 4 heteroatoms. The van der Waals surface area contributed by atoms with Crippen molar-refractivity contribution in [2.24, 2.45) is 5.73 Å². The number of thiophene rings is 1. The minimum atomic E-state index is -0.625. The zero-order valence-electron chi connectivity index (χ0n) is 6.11. The topological polar surface area (TPSA) is 52.3 Å². The molecule has 0 aromatic carbocycles. The maximum Gasteiger partial charge on any atom is 0.328 e. The maximum atomic E-state index is 10.9. The highest BCUT2D eigenvalue weighted by Crippen LogP contribution is 2.17. The van der Waals surface area contributed by atoms with E-state index in [1.54, 1.807) is 0 Å². The maximum absolute atomic E-state index is 10.9. The van der Waals surface area contributed by atoms with E-state index < -0.39 is 12.0 Å². The highest BCUT2D eigenvalue weighted by molar-refractivity contribution is 7.10. The molecule has 0 aliphatic heterocycles. The molecule has 11 heavy (non-hydrogen) atoms. The van der Waals surface area contributed by atoms with Gasteiger partial charge in [0.25, 0.3) is 0 Å². The Morgan fingerprint density at radius 2 is 2.55 bits per heavy atom. The minimum absolute atomic E-state index is 0.396. The number of carbonyl (C=O) groups is 1. The third-order valence-electron chi connectivity index (χ3n) is 1.30. The van der Waals surface area contributed by atoms with Crippen LogP contribution < -0.4 is 5.73 Å². The summed E-state index contributed by atoms with van der Waals surface area (Å²) in [6.07, 6.45) is 0. The van der Waals surface area contributed by atoms with E-state index >= 15 is 0 Å². The monoisotopic (exact) mass is 171 g/mol. The van der Waals surface area contributed by atoms with Crippen LogP contribution in [0.15, 0.2) is 17.5 Å². The van der Waals surface area contributed by atoms with Crippen LogP contribution in [0.5, 0.6) is 0 Å². The summed E-state index contributed by atoms with van der Waals surface area (Å²) in [5.41, 5.74) is 5.53. The van der Waals surface area contributed by atoms with Crippen molar-refractivity contribution in [3.8, 4) is 0 Å². The molecule has 0 bridgehead atoms. The van der Waals surface area contributed by atoms with Crippen LogP contribution in [0.4, 0.5) is 0 Å². The van der Waals surface area contributed by atoms with Crippen LogP contribution in [-0.4, -0.2) is 13.1 Å². The highest BCUT2D eigenvalue weighted by Gasteiger charge is 2.16. The van der Waals surface area contributed by atoms with Gasteiger partial charge in [-0.3, -0.25) is 0 Å². The molecular formula is C7H9NO2S. The fourth-order valence-corrected chi connectivity index (χ4v) is 1.43. The van der Waals surface area contributed by atoms with Crippen molar-refractivity contribution in [1.29, 1.82) is 0 Å². The van der Waals surface area contributed by atoms with E-state index in [9.17, 15) is 4.79 Å². The van der Waals surface area contributed by atoms with Crippen LogP contribution in [0.1, 0.15) is 10.9 Å². The second kappa shape index (κ2) is 3.50. The second-order valence-corrected chi connectivity index (χ2v) is 3.00. The van der Waals surface area contributed by atoms with Gasteiger partial charge < -0.3 is 10.5 Å². The van der Waals surface area contributed by atoms with Crippen molar-refractivity contribution < 1.29 is 9.53 Å². The molecule has 0 aliphatic carbocycles. The van der Waals surface area contributed by atoms with E-state index in [4.69, 9.17) is 5.73 Å². The standard InChI is InChI=1S/C7H9NO2S/c1-10-7(9)6(8)5-3-2-4-11-5/h2-4,6H,8H2,1H3/t6-/m0/s1. The number of methoxy groups -OCH3 is 1. The molecule has 0 aliphatic rings. The van der Waals surface area contributed by atoms with Crippen LogP contribution in [-0.2, 0) is 9.53 Å². The summed E-state index contributed by atoms with van der Waals surface area (Å²) in [5, 5.41) is 1.87. The molecule has 0 fully saturated rings. The van der Waals surface area contributed by atoms with Gasteiger partial charge in [0.2, 0.25) is 0 Å². The lowest BCUT2D eigenvalue weighted by Crippen LogP contribution is -2.21. The first-order chi connectivity index (χ1) is 5.25. The Morgan fingerprint density at radius 1 is 1.82 bits per heavy atom. The molecule has 1 aromatic heterocycles. The van der Waals surface area contributed by atoms with E-state index in [1.807, 2.05) is 17.5 Å². The summed E-state index contributed by atoms with van der Waals surface area (Å²) >= 11 is 1.45. The Bertz CT molecular complexity index is 233. The van der Waals surface area contributed by atoms with Gasteiger partial charge in [0.1, 0.15) is 6.04 Å². The lowest BCUT2D eigenvalue weighted by molar-refractivity contribution is -0.142. The van der Waals surface area contributed by atoms with Crippen molar-refractivity contribution in [3.63, 3.8) is 0 Å². The molecule has 1 atom stereocenters. The SMILES string of the molecule is COC(=O)[C@@H](N)c1cccs1. The number of hydrogen-bond donors (Lipinski definition) is 1. The van der Waals surface area contributed by atoms with Crippen molar-refractivity contribution in [2.45, 2.75) is 6.04 Å². The summed E-state index contributed by atoms with van der Waals surface area (Å²) in [6, 6.07) is 3.04. The van der Waals surface area contributed by atoms with Gasteiger partial charge in [-0.2, -0.15) is 0 Å². The van der Waals surface area contributed by atoms with Gasteiger partial charge in [0.15, 0.2) is 0 Å². The van der Waals surface area contributed by atoms with E-state index in [1.165, 1.54) is 18.4 Å². The number of carbonyl (C=O) groups excluding carboxylic acids is 1. The number of rotatable bonds is 2. The number of ether oxygens (including phenoxy) is 1. The lowest BCUT2D eigenvalue weighted by Gasteiger charge is -2.05. The summed E-state index contributed by atoms with van der Waals surface area (Å²) < 4.78 is 4.48. The molecule has 0 saturated heterocycles. The van der Waals surface area contributed by atoms with Crippen LogP contribution >= 0.6 is 11.3 Å². The van der Waals surface area contributed by atoms with Crippen LogP contribution in [0.2, 0.25) is 0 Å². The molecule has 1 aromatic rings. The van der Waals surface area contributed by atoms with Gasteiger partial charge in [-0.1, -0.05) is 6.07 Å². The van der Waals surface area contributed by atoms with Crippen molar-refractivity contribution >= 4 is 17.3 Å². The summed E-state index contributed by atoms with van der Waals surface area (Å²) in [5.74, 6) is -0.396. The molecule has 2 N–H and O–H groups in total. The predicted molar refractivity (Wildman–Crippen MR) is 43.3 cm³/mol. The highest BCUT2D eigenvalue weighted by atomic mass is 32.1. The number of hydrogen-bond acceptors (Lipinski definition) is 4. The molecular weight excluding hydrogens is 162 g/mol. The molecule has 1 heterocycles. The third kappa shape index (κ3) is 1.78. The van der Waals surface area contributed by atoms with Gasteiger partial charge in [-0.05, 0) is 11.4 Å². The quantitative estimate of drug-likeness (QED) is 0.673. The van der Waals surface area contributed by atoms with Crippen molar-refractivity contribution in [3.05, 3.63) is 22.4 Å². The van der Waals surface area contributed by atoms with Crippen molar-refractivity contribution in [2.75, 3.05) is 7.11 Å². The average Bonchev–Trinajstić information content (AvgIpc) is 2.53. The van der Waals surface area contributed by atoms with E-state index in [0.717, 1.165) is 4.88 Å². The first-order valence-corrected chi connectivity index (χ1v) is 4.00. The normalized spacial score (nSPS) is 12.5. The van der Waals surface area contributed by atoms with Gasteiger partial charge in [0, 0.05) is 4.88 Å². The second-order valence-electron chi connectivity index (χ2n) is 2.02.